The van der Waals surface area contributed by atoms with Crippen molar-refractivity contribution in [2.24, 2.45) is 10.1 Å². The van der Waals surface area contributed by atoms with E-state index in [0.29, 0.717) is 16.1 Å². The zero-order valence-electron chi connectivity index (χ0n) is 15.3. The zero-order chi connectivity index (χ0) is 19.3. The molecule has 7 heteroatoms. The number of benzene rings is 1. The first-order chi connectivity index (χ1) is 13.7. The van der Waals surface area contributed by atoms with Crippen molar-refractivity contribution in [2.75, 3.05) is 0 Å². The summed E-state index contributed by atoms with van der Waals surface area (Å²) in [5, 5.41) is 7.98. The second-order valence-corrected chi connectivity index (χ2v) is 8.47. The Balaban J connectivity index is 1.79. The highest BCUT2D eigenvalue weighted by Gasteiger charge is 2.15. The van der Waals surface area contributed by atoms with Crippen LogP contribution in [0.15, 0.2) is 58.2 Å². The molecular weight excluding hydrogens is 411 g/mol. The lowest BCUT2D eigenvalue weighted by atomic mass is 9.96. The molecule has 1 saturated carbocycles. The van der Waals surface area contributed by atoms with Crippen LogP contribution in [0.1, 0.15) is 37.7 Å². The van der Waals surface area contributed by atoms with E-state index in [4.69, 9.17) is 33.3 Å². The molecule has 0 atom stereocenters. The van der Waals surface area contributed by atoms with Gasteiger partial charge in [0, 0.05) is 33.9 Å². The summed E-state index contributed by atoms with van der Waals surface area (Å²) in [7, 11) is 0. The van der Waals surface area contributed by atoms with Gasteiger partial charge in [-0.05, 0) is 37.1 Å². The third kappa shape index (κ3) is 4.54. The van der Waals surface area contributed by atoms with Crippen LogP contribution in [0.2, 0.25) is 10.0 Å². The molecule has 0 N–H and O–H groups in total. The smallest absolute Gasteiger partial charge is 0.206 e. The molecule has 2 heterocycles. The predicted molar refractivity (Wildman–Crippen MR) is 117 cm³/mol. The van der Waals surface area contributed by atoms with E-state index in [0.717, 1.165) is 34.5 Å². The average Bonchev–Trinajstić information content (AvgIpc) is 3.10. The Hall–Kier alpha value is -1.95. The molecule has 2 aromatic heterocycles. The lowest BCUT2D eigenvalue weighted by Gasteiger charge is -2.16. The standard InChI is InChI=1S/C21H20Cl2N4S/c22-16-8-9-18(19(23)11-16)20-14-28-21(26-17-6-2-1-3-7-17)27(20)25-13-15-5-4-10-24-12-15/h4-5,8-14,17H,1-3,6-7H2. The fraction of sp³-hybridized carbons (Fsp3) is 0.286. The Bertz CT molecular complexity index is 1030. The Labute approximate surface area is 178 Å². The van der Waals surface area contributed by atoms with Crippen LogP contribution in [-0.4, -0.2) is 21.9 Å². The van der Waals surface area contributed by atoms with Crippen LogP contribution in [-0.2, 0) is 0 Å². The maximum Gasteiger partial charge on any atom is 0.206 e. The fourth-order valence-corrected chi connectivity index (χ4v) is 4.73. The summed E-state index contributed by atoms with van der Waals surface area (Å²) in [4.78, 5) is 10.0. The van der Waals surface area contributed by atoms with E-state index in [1.54, 1.807) is 36.0 Å². The van der Waals surface area contributed by atoms with E-state index in [1.165, 1.54) is 19.3 Å². The minimum Gasteiger partial charge on any atom is -0.264 e. The summed E-state index contributed by atoms with van der Waals surface area (Å²) >= 11 is 14.1. The van der Waals surface area contributed by atoms with Crippen LogP contribution >= 0.6 is 34.5 Å². The van der Waals surface area contributed by atoms with Gasteiger partial charge in [-0.25, -0.2) is 4.68 Å². The van der Waals surface area contributed by atoms with Crippen LogP contribution in [0.4, 0.5) is 0 Å². The van der Waals surface area contributed by atoms with Gasteiger partial charge in [0.2, 0.25) is 4.80 Å². The van der Waals surface area contributed by atoms with Gasteiger partial charge in [-0.3, -0.25) is 9.98 Å². The van der Waals surface area contributed by atoms with E-state index >= 15 is 0 Å². The highest BCUT2D eigenvalue weighted by Crippen LogP contribution is 2.31. The normalized spacial score (nSPS) is 16.1. The highest BCUT2D eigenvalue weighted by molar-refractivity contribution is 7.07. The van der Waals surface area contributed by atoms with E-state index in [9.17, 15) is 0 Å². The molecule has 1 fully saturated rings. The topological polar surface area (TPSA) is 42.5 Å². The monoisotopic (exact) mass is 430 g/mol. The van der Waals surface area contributed by atoms with E-state index in [2.05, 4.69) is 10.4 Å². The minimum atomic E-state index is 0.362. The summed E-state index contributed by atoms with van der Waals surface area (Å²) in [6, 6.07) is 9.74. The summed E-state index contributed by atoms with van der Waals surface area (Å²) in [6.07, 6.45) is 11.4. The van der Waals surface area contributed by atoms with Crippen molar-refractivity contribution in [1.29, 1.82) is 0 Å². The van der Waals surface area contributed by atoms with Crippen LogP contribution in [0.3, 0.4) is 0 Å². The van der Waals surface area contributed by atoms with Gasteiger partial charge < -0.3 is 0 Å². The maximum absolute atomic E-state index is 6.47. The number of pyridine rings is 1. The molecule has 0 unspecified atom stereocenters. The number of thiazole rings is 1. The van der Waals surface area contributed by atoms with Crippen molar-refractivity contribution in [3.63, 3.8) is 0 Å². The molecule has 3 aromatic rings. The van der Waals surface area contributed by atoms with Gasteiger partial charge in [0.25, 0.3) is 0 Å². The summed E-state index contributed by atoms with van der Waals surface area (Å²) in [5.74, 6) is 0. The largest absolute Gasteiger partial charge is 0.264 e. The molecule has 4 nitrogen and oxygen atoms in total. The molecule has 0 amide bonds. The highest BCUT2D eigenvalue weighted by atomic mass is 35.5. The number of rotatable bonds is 4. The van der Waals surface area contributed by atoms with Crippen LogP contribution in [0, 0.1) is 0 Å². The number of halogens is 2. The van der Waals surface area contributed by atoms with Crippen molar-refractivity contribution in [2.45, 2.75) is 38.1 Å². The molecule has 1 aromatic carbocycles. The van der Waals surface area contributed by atoms with Gasteiger partial charge in [0.05, 0.1) is 23.0 Å². The Morgan fingerprint density at radius 1 is 1.14 bits per heavy atom. The van der Waals surface area contributed by atoms with Crippen molar-refractivity contribution in [1.82, 2.24) is 9.66 Å². The van der Waals surface area contributed by atoms with Crippen molar-refractivity contribution < 1.29 is 0 Å². The predicted octanol–water partition coefficient (Wildman–Crippen LogP) is 6.03. The molecule has 28 heavy (non-hydrogen) atoms. The maximum atomic E-state index is 6.47. The third-order valence-corrected chi connectivity index (χ3v) is 6.14. The Morgan fingerprint density at radius 2 is 2.00 bits per heavy atom. The molecular formula is C21H20Cl2N4S. The molecule has 1 aliphatic rings. The van der Waals surface area contributed by atoms with E-state index in [1.807, 2.05) is 28.9 Å². The van der Waals surface area contributed by atoms with E-state index < -0.39 is 0 Å². The first kappa shape index (κ1) is 19.4. The van der Waals surface area contributed by atoms with Gasteiger partial charge in [-0.2, -0.15) is 5.10 Å². The van der Waals surface area contributed by atoms with Gasteiger partial charge in [-0.1, -0.05) is 48.5 Å². The molecule has 0 aliphatic heterocycles. The molecule has 0 spiro atoms. The Morgan fingerprint density at radius 3 is 2.75 bits per heavy atom. The van der Waals surface area contributed by atoms with Crippen LogP contribution in [0.25, 0.3) is 11.3 Å². The van der Waals surface area contributed by atoms with Gasteiger partial charge in [0.15, 0.2) is 0 Å². The number of aromatic nitrogens is 2. The molecule has 0 saturated heterocycles. The lowest BCUT2D eigenvalue weighted by Crippen LogP contribution is -2.19. The summed E-state index contributed by atoms with van der Waals surface area (Å²) in [6.45, 7) is 0. The first-order valence-electron chi connectivity index (χ1n) is 9.35. The molecule has 0 radical (unpaired) electrons. The molecule has 0 bridgehead atoms. The zero-order valence-corrected chi connectivity index (χ0v) is 17.6. The average molecular weight is 431 g/mol. The SMILES string of the molecule is Clc1ccc(-c2csc(=NC3CCCCC3)n2N=Cc2cccnc2)c(Cl)c1. The van der Waals surface area contributed by atoms with Gasteiger partial charge in [0.1, 0.15) is 0 Å². The third-order valence-electron chi connectivity index (χ3n) is 4.77. The second-order valence-electron chi connectivity index (χ2n) is 6.79. The van der Waals surface area contributed by atoms with Crippen molar-refractivity contribution in [3.8, 4) is 11.3 Å². The number of hydrogen-bond acceptors (Lipinski definition) is 4. The quantitative estimate of drug-likeness (QED) is 0.465. The second kappa shape index (κ2) is 9.03. The fourth-order valence-electron chi connectivity index (χ4n) is 3.33. The number of nitrogens with zero attached hydrogens (tertiary/aromatic N) is 4. The van der Waals surface area contributed by atoms with E-state index in [-0.39, 0.29) is 0 Å². The molecule has 4 rings (SSSR count). The molecule has 144 valence electrons. The lowest BCUT2D eigenvalue weighted by molar-refractivity contribution is 0.435. The number of hydrogen-bond donors (Lipinski definition) is 0. The van der Waals surface area contributed by atoms with Crippen LogP contribution in [0.5, 0.6) is 0 Å². The first-order valence-corrected chi connectivity index (χ1v) is 11.0. The van der Waals surface area contributed by atoms with Gasteiger partial charge >= 0.3 is 0 Å². The van der Waals surface area contributed by atoms with Crippen molar-refractivity contribution in [3.05, 3.63) is 68.5 Å². The Kier molecular flexibility index (Phi) is 6.25. The minimum absolute atomic E-state index is 0.362. The summed E-state index contributed by atoms with van der Waals surface area (Å²) < 4.78 is 1.88. The summed E-state index contributed by atoms with van der Waals surface area (Å²) in [5.41, 5.74) is 2.72. The molecule has 1 aliphatic carbocycles. The van der Waals surface area contributed by atoms with Crippen LogP contribution < -0.4 is 4.80 Å². The van der Waals surface area contributed by atoms with Crippen molar-refractivity contribution >= 4 is 40.8 Å². The van der Waals surface area contributed by atoms with Gasteiger partial charge in [-0.15, -0.1) is 11.3 Å².